The van der Waals surface area contributed by atoms with Crippen LogP contribution in [0.5, 0.6) is 0 Å². The number of benzene rings is 3. The van der Waals surface area contributed by atoms with Crippen LogP contribution in [0, 0.1) is 0 Å². The van der Waals surface area contributed by atoms with E-state index < -0.39 is 0 Å². The fourth-order valence-corrected chi connectivity index (χ4v) is 13.2. The smallest absolute Gasteiger partial charge is 0.189 e. The van der Waals surface area contributed by atoms with Crippen LogP contribution in [0.25, 0.3) is 0 Å². The average Bonchev–Trinajstić information content (AvgIpc) is 0.857. The number of aromatic nitrogens is 12. The molecule has 5 saturated heterocycles. The second kappa shape index (κ2) is 48.1. The van der Waals surface area contributed by atoms with E-state index in [0.29, 0.717) is 77.1 Å². The van der Waals surface area contributed by atoms with Crippen molar-refractivity contribution in [2.24, 2.45) is 25.5 Å². The molecule has 32 nitrogen and oxygen atoms in total. The first kappa shape index (κ1) is 88.8. The average molecular weight is 1700 g/mol. The lowest BCUT2D eigenvalue weighted by atomic mass is 10.1. The SMILES string of the molecule is CN1CCN(C(=S)N/N=C(/c2ccccc2)c2cccnn2)CC1.CN1CCN(C(=S)N/N=C(/c2ccccc2)c2ccncn2)CC1.CN1CCN(C(=S)N/N=C(/c2ccccc2)c2ncccn2)CC1.CN1CCN(C(=S)N/N=C(/c2ccccn2)c2cccnn2)CC1.CN1CCN(C(=S)N/N=C(/c2ccccn2)c2ncccn2)CC1. The summed E-state index contributed by atoms with van der Waals surface area (Å²) in [4.78, 5) is 56.2. The molecule has 7 aromatic heterocycles. The predicted molar refractivity (Wildman–Crippen MR) is 490 cm³/mol. The maximum Gasteiger partial charge on any atom is 0.189 e. The first-order valence-electron chi connectivity index (χ1n) is 39.1. The van der Waals surface area contributed by atoms with Crippen LogP contribution < -0.4 is 27.1 Å². The molecule has 0 radical (unpaired) electrons. The molecule has 10 aromatic rings. The minimum Gasteiger partial charge on any atom is -0.345 e. The number of pyridine rings is 2. The standard InChI is InChI=1S/3C17H20N6S.2C16H19N7S/c1-22-10-12-23(13-11-22)17(24)21-20-15(14-6-3-2-4-7-14)16-18-8-5-9-19-16;1-22-10-12-23(13-11-22)17(24)21-20-16(14-6-3-2-4-7-14)15-8-5-9-18-19-15;1-22-9-11-23(12-10-22)17(24)21-20-16(14-5-3-2-4-6-14)15-7-8-18-13-19-15;1-22-9-11-23(12-10-22)16(24)21-20-15(13-5-2-3-7-17-13)14-6-4-8-18-19-14;1-22-9-11-23(12-10-22)16(24)21-20-14(13-5-2-3-6-17-13)15-18-7-4-8-19-15/h2*2-9H,10-13H2,1H3,(H,21,24);2-8,13H,9-12H2,1H3,(H,21,24);2*2-8H,9-12H2,1H3,(H,21,24)/b20-15-;2*20-16-;20-15-;20-14-. The van der Waals surface area contributed by atoms with Gasteiger partial charge in [-0.1, -0.05) is 103 Å². The number of rotatable bonds is 15. The molecule has 0 atom stereocenters. The maximum absolute atomic E-state index is 5.49. The Hall–Kier alpha value is -12.0. The highest BCUT2D eigenvalue weighted by Gasteiger charge is 2.24. The molecule has 5 aliphatic rings. The number of hydrogen-bond acceptors (Lipinski definition) is 27. The van der Waals surface area contributed by atoms with E-state index in [1.54, 1.807) is 67.9 Å². The van der Waals surface area contributed by atoms with E-state index in [-0.39, 0.29) is 0 Å². The zero-order chi connectivity index (χ0) is 83.9. The summed E-state index contributed by atoms with van der Waals surface area (Å²) < 4.78 is 0. The van der Waals surface area contributed by atoms with Crippen molar-refractivity contribution < 1.29 is 0 Å². The number of likely N-dealkylation sites (N-methyl/N-ethyl adjacent to an activating group) is 5. The number of hydrogen-bond donors (Lipinski definition) is 5. The van der Waals surface area contributed by atoms with Crippen molar-refractivity contribution in [3.05, 3.63) is 289 Å². The summed E-state index contributed by atoms with van der Waals surface area (Å²) >= 11 is 27.4. The molecule has 5 fully saturated rings. The summed E-state index contributed by atoms with van der Waals surface area (Å²) in [6.45, 7) is 19.0. The van der Waals surface area contributed by atoms with Gasteiger partial charge in [-0.25, -0.2) is 29.9 Å². The summed E-state index contributed by atoms with van der Waals surface area (Å²) in [5.41, 5.74) is 24.7. The van der Waals surface area contributed by atoms with Gasteiger partial charge in [0.2, 0.25) is 0 Å². The third kappa shape index (κ3) is 28.3. The van der Waals surface area contributed by atoms with Crippen molar-refractivity contribution in [1.82, 2.24) is 136 Å². The van der Waals surface area contributed by atoms with Gasteiger partial charge in [0.05, 0.1) is 17.1 Å². The molecule has 12 heterocycles. The van der Waals surface area contributed by atoms with Crippen molar-refractivity contribution in [1.29, 1.82) is 0 Å². The van der Waals surface area contributed by atoms with Gasteiger partial charge in [-0.3, -0.25) is 37.1 Å². The van der Waals surface area contributed by atoms with Crippen LogP contribution >= 0.6 is 61.1 Å². The van der Waals surface area contributed by atoms with Crippen LogP contribution in [-0.2, 0) is 0 Å². The van der Waals surface area contributed by atoms with Crippen LogP contribution in [0.3, 0.4) is 0 Å². The van der Waals surface area contributed by atoms with Crippen LogP contribution in [0.15, 0.2) is 257 Å². The third-order valence-corrected chi connectivity index (χ3v) is 21.0. The fourth-order valence-electron chi connectivity index (χ4n) is 12.1. The first-order valence-corrected chi connectivity index (χ1v) is 41.2. The van der Waals surface area contributed by atoms with Gasteiger partial charge < -0.3 is 49.0 Å². The second-order valence-electron chi connectivity index (χ2n) is 27.8. The van der Waals surface area contributed by atoms with Crippen molar-refractivity contribution in [3.63, 3.8) is 0 Å². The number of nitrogens with one attached hydrogen (secondary N) is 5. The molecule has 0 bridgehead atoms. The zero-order valence-electron chi connectivity index (χ0n) is 67.7. The van der Waals surface area contributed by atoms with Crippen molar-refractivity contribution >= 4 is 115 Å². The topological polar surface area (TPSA) is 309 Å². The Labute approximate surface area is 727 Å². The minimum absolute atomic E-state index is 0.505. The van der Waals surface area contributed by atoms with Crippen molar-refractivity contribution in [3.8, 4) is 0 Å². The van der Waals surface area contributed by atoms with Crippen LogP contribution in [0.2, 0.25) is 0 Å². The molecule has 0 spiro atoms. The molecule has 5 N–H and O–H groups in total. The lowest BCUT2D eigenvalue weighted by Crippen LogP contribution is -2.49. The molecule has 37 heteroatoms. The molecule has 3 aromatic carbocycles. The van der Waals surface area contributed by atoms with E-state index in [9.17, 15) is 0 Å². The van der Waals surface area contributed by atoms with Gasteiger partial charge in [0.1, 0.15) is 40.6 Å². The van der Waals surface area contributed by atoms with Gasteiger partial charge >= 0.3 is 0 Å². The van der Waals surface area contributed by atoms with E-state index in [2.05, 4.69) is 197 Å². The number of hydrazone groups is 5. The molecule has 5 aliphatic heterocycles. The van der Waals surface area contributed by atoms with Gasteiger partial charge in [-0.05, 0) is 163 Å². The van der Waals surface area contributed by atoms with Gasteiger partial charge in [0.15, 0.2) is 42.9 Å². The maximum atomic E-state index is 5.49. The molecule has 0 saturated carbocycles. The normalized spacial score (nSPS) is 16.0. The van der Waals surface area contributed by atoms with E-state index >= 15 is 0 Å². The quantitative estimate of drug-likeness (QED) is 0.0478. The second-order valence-corrected chi connectivity index (χ2v) is 29.8. The summed E-state index contributed by atoms with van der Waals surface area (Å²) in [6.07, 6.45) is 16.7. The molecular formula is C83H98N32S5. The highest BCUT2D eigenvalue weighted by molar-refractivity contribution is 7.81. The summed E-state index contributed by atoms with van der Waals surface area (Å²) in [5, 5.41) is 41.8. The Bertz CT molecular complexity index is 4000. The summed E-state index contributed by atoms with van der Waals surface area (Å²) in [7, 11) is 10.6. The predicted octanol–water partition coefficient (Wildman–Crippen LogP) is 5.54. The first-order chi connectivity index (χ1) is 58.7. The molecule has 120 heavy (non-hydrogen) atoms. The van der Waals surface area contributed by atoms with Crippen molar-refractivity contribution in [2.75, 3.05) is 166 Å². The van der Waals surface area contributed by atoms with Gasteiger partial charge in [-0.15, -0.1) is 10.2 Å². The number of nitrogens with zero attached hydrogens (tertiary/aromatic N) is 27. The van der Waals surface area contributed by atoms with Gasteiger partial charge in [0, 0.05) is 203 Å². The highest BCUT2D eigenvalue weighted by atomic mass is 32.1. The molecule has 0 unspecified atom stereocenters. The summed E-state index contributed by atoms with van der Waals surface area (Å²) in [5.74, 6) is 1.07. The van der Waals surface area contributed by atoms with Crippen LogP contribution in [0.1, 0.15) is 56.8 Å². The Morgan fingerprint density at radius 2 is 0.525 bits per heavy atom. The van der Waals surface area contributed by atoms with Crippen LogP contribution in [-0.4, -0.2) is 330 Å². The molecule has 0 amide bonds. The molecular weight excluding hydrogens is 1610 g/mol. The van der Waals surface area contributed by atoms with E-state index in [1.165, 1.54) is 6.33 Å². The van der Waals surface area contributed by atoms with Crippen molar-refractivity contribution in [2.45, 2.75) is 0 Å². The fraction of sp³-hybridized carbons (Fsp3) is 0.301. The highest BCUT2D eigenvalue weighted by Crippen LogP contribution is 2.14. The zero-order valence-corrected chi connectivity index (χ0v) is 71.8. The van der Waals surface area contributed by atoms with Gasteiger partial charge in [-0.2, -0.15) is 35.7 Å². The third-order valence-electron chi connectivity index (χ3n) is 19.2. The van der Waals surface area contributed by atoms with E-state index in [4.69, 9.17) is 61.1 Å². The lowest BCUT2D eigenvalue weighted by Gasteiger charge is -2.33. The minimum atomic E-state index is 0.505. The molecule has 15 rings (SSSR count). The Morgan fingerprint density at radius 3 is 0.850 bits per heavy atom. The largest absolute Gasteiger partial charge is 0.345 e. The summed E-state index contributed by atoms with van der Waals surface area (Å²) in [6, 6.07) is 53.8. The molecule has 620 valence electrons. The Balaban J connectivity index is 0.000000147. The van der Waals surface area contributed by atoms with E-state index in [1.807, 2.05) is 158 Å². The Kier molecular flexibility index (Phi) is 35.6. The number of thiocarbonyl (C=S) groups is 5. The lowest BCUT2D eigenvalue weighted by molar-refractivity contribution is 0.214. The molecule has 0 aliphatic carbocycles. The Morgan fingerprint density at radius 1 is 0.250 bits per heavy atom. The number of piperazine rings is 5. The monoisotopic (exact) mass is 1700 g/mol. The van der Waals surface area contributed by atoms with E-state index in [0.717, 1.165) is 165 Å². The van der Waals surface area contributed by atoms with Gasteiger partial charge in [0.25, 0.3) is 0 Å². The van der Waals surface area contributed by atoms with Crippen LogP contribution in [0.4, 0.5) is 0 Å².